The quantitative estimate of drug-likeness (QED) is 0.222. The molecule has 2 N–H and O–H groups in total. The largest absolute Gasteiger partial charge is 0.459 e. The van der Waals surface area contributed by atoms with Crippen LogP contribution in [-0.2, 0) is 28.5 Å². The lowest BCUT2D eigenvalue weighted by Crippen LogP contribution is -2.46. The van der Waals surface area contributed by atoms with E-state index in [1.807, 2.05) is 6.92 Å². The second-order valence-electron chi connectivity index (χ2n) is 7.12. The molecule has 0 aliphatic heterocycles. The first-order valence-electron chi connectivity index (χ1n) is 9.70. The number of alkyl carbamates (subject to hydrolysis) is 2. The van der Waals surface area contributed by atoms with Crippen molar-refractivity contribution in [3.8, 4) is 0 Å². The van der Waals surface area contributed by atoms with Crippen molar-refractivity contribution < 1.29 is 38.1 Å². The Kier molecular flexibility index (Phi) is 11.0. The molecule has 1 aliphatic rings. The van der Waals surface area contributed by atoms with Crippen molar-refractivity contribution in [1.82, 2.24) is 10.6 Å². The highest BCUT2D eigenvalue weighted by Gasteiger charge is 2.33. The summed E-state index contributed by atoms with van der Waals surface area (Å²) in [4.78, 5) is 45.5. The van der Waals surface area contributed by atoms with Crippen LogP contribution in [0.5, 0.6) is 0 Å². The van der Waals surface area contributed by atoms with Crippen LogP contribution in [0.4, 0.5) is 9.59 Å². The Morgan fingerprint density at radius 1 is 0.933 bits per heavy atom. The van der Waals surface area contributed by atoms with Gasteiger partial charge in [0.2, 0.25) is 0 Å². The molecule has 2 amide bonds. The third kappa shape index (κ3) is 10.5. The van der Waals surface area contributed by atoms with Gasteiger partial charge in [0.15, 0.2) is 0 Å². The maximum absolute atomic E-state index is 11.9. The van der Waals surface area contributed by atoms with Gasteiger partial charge in [0.25, 0.3) is 0 Å². The molecule has 2 atom stereocenters. The summed E-state index contributed by atoms with van der Waals surface area (Å²) in [5, 5.41) is 5.50. The molecular formula is C20H30N2O8. The maximum Gasteiger partial charge on any atom is 0.407 e. The average molecular weight is 426 g/mol. The molecule has 10 nitrogen and oxygen atoms in total. The van der Waals surface area contributed by atoms with Crippen molar-refractivity contribution >= 4 is 24.1 Å². The molecule has 0 heterocycles. The summed E-state index contributed by atoms with van der Waals surface area (Å²) in [5.41, 5.74) is -0.218. The Hall–Kier alpha value is -3.04. The molecule has 1 aliphatic carbocycles. The number of hydrogen-bond donors (Lipinski definition) is 2. The first-order chi connectivity index (χ1) is 14.3. The molecular weight excluding hydrogens is 396 g/mol. The van der Waals surface area contributed by atoms with Gasteiger partial charge in [-0.2, -0.15) is 0 Å². The van der Waals surface area contributed by atoms with Crippen LogP contribution in [-0.4, -0.2) is 63.1 Å². The summed E-state index contributed by atoms with van der Waals surface area (Å²) in [5.74, 6) is -1.16. The minimum Gasteiger partial charge on any atom is -0.459 e. The van der Waals surface area contributed by atoms with Crippen LogP contribution in [0, 0.1) is 5.41 Å². The molecule has 0 radical (unpaired) electrons. The van der Waals surface area contributed by atoms with Crippen LogP contribution >= 0.6 is 0 Å². The van der Waals surface area contributed by atoms with E-state index in [-0.39, 0.29) is 37.9 Å². The van der Waals surface area contributed by atoms with Crippen LogP contribution in [0.2, 0.25) is 0 Å². The molecule has 168 valence electrons. The number of hydrogen-bond acceptors (Lipinski definition) is 8. The van der Waals surface area contributed by atoms with E-state index in [4.69, 9.17) is 18.9 Å². The number of ether oxygens (including phenoxy) is 4. The minimum atomic E-state index is -0.602. The molecule has 0 bridgehead atoms. The van der Waals surface area contributed by atoms with E-state index in [1.165, 1.54) is 0 Å². The van der Waals surface area contributed by atoms with Gasteiger partial charge < -0.3 is 29.6 Å². The number of rotatable bonds is 11. The first-order valence-corrected chi connectivity index (χ1v) is 9.70. The monoisotopic (exact) mass is 426 g/mol. The minimum absolute atomic E-state index is 0.0422. The van der Waals surface area contributed by atoms with Gasteiger partial charge >= 0.3 is 24.1 Å². The van der Waals surface area contributed by atoms with E-state index in [1.54, 1.807) is 0 Å². The molecule has 2 unspecified atom stereocenters. The zero-order valence-corrected chi connectivity index (χ0v) is 17.3. The van der Waals surface area contributed by atoms with Crippen LogP contribution in [0.1, 0.15) is 32.6 Å². The molecule has 0 aromatic rings. The summed E-state index contributed by atoms with van der Waals surface area (Å²) in [6.45, 7) is 8.74. The second kappa shape index (κ2) is 13.2. The predicted molar refractivity (Wildman–Crippen MR) is 107 cm³/mol. The summed E-state index contributed by atoms with van der Waals surface area (Å²) < 4.78 is 19.4. The van der Waals surface area contributed by atoms with Crippen molar-refractivity contribution in [2.45, 2.75) is 38.6 Å². The topological polar surface area (TPSA) is 129 Å². The van der Waals surface area contributed by atoms with E-state index < -0.39 is 24.1 Å². The van der Waals surface area contributed by atoms with Crippen molar-refractivity contribution in [1.29, 1.82) is 0 Å². The van der Waals surface area contributed by atoms with Crippen molar-refractivity contribution in [2.75, 3.05) is 33.0 Å². The highest BCUT2D eigenvalue weighted by Crippen LogP contribution is 2.35. The van der Waals surface area contributed by atoms with E-state index >= 15 is 0 Å². The van der Waals surface area contributed by atoms with E-state index in [0.717, 1.165) is 31.4 Å². The summed E-state index contributed by atoms with van der Waals surface area (Å²) in [6.07, 6.45) is 4.10. The van der Waals surface area contributed by atoms with Crippen LogP contribution in [0.25, 0.3) is 0 Å². The van der Waals surface area contributed by atoms with Crippen molar-refractivity contribution in [3.63, 3.8) is 0 Å². The van der Waals surface area contributed by atoms with E-state index in [0.29, 0.717) is 13.0 Å². The van der Waals surface area contributed by atoms with Gasteiger partial charge in [0.1, 0.15) is 26.4 Å². The number of nitrogens with one attached hydrogen (secondary N) is 2. The van der Waals surface area contributed by atoms with Gasteiger partial charge in [-0.25, -0.2) is 19.2 Å². The molecule has 30 heavy (non-hydrogen) atoms. The number of esters is 2. The molecule has 1 rings (SSSR count). The summed E-state index contributed by atoms with van der Waals surface area (Å²) in [6, 6.07) is -0.0943. The van der Waals surface area contributed by atoms with Crippen LogP contribution < -0.4 is 10.6 Å². The van der Waals surface area contributed by atoms with Gasteiger partial charge in [0, 0.05) is 24.7 Å². The fourth-order valence-electron chi connectivity index (χ4n) is 3.07. The summed E-state index contributed by atoms with van der Waals surface area (Å²) in [7, 11) is 0. The molecule has 0 aromatic carbocycles. The Morgan fingerprint density at radius 2 is 1.47 bits per heavy atom. The fourth-order valence-corrected chi connectivity index (χ4v) is 3.07. The zero-order valence-electron chi connectivity index (χ0n) is 17.3. The lowest BCUT2D eigenvalue weighted by molar-refractivity contribution is -0.139. The lowest BCUT2D eigenvalue weighted by atomic mass is 9.73. The van der Waals surface area contributed by atoms with Gasteiger partial charge in [-0.3, -0.25) is 0 Å². The van der Waals surface area contributed by atoms with Gasteiger partial charge in [-0.05, 0) is 24.7 Å². The Labute approximate surface area is 175 Å². The Balaban J connectivity index is 2.27. The molecule has 0 saturated heterocycles. The standard InChI is InChI=1S/C20H30N2O8/c1-4-16(23)27-9-11-29-18(25)21-14-20(3)8-6-7-15(13-20)22-19(26)30-12-10-28-17(24)5-2/h4-5,15H,1-2,6-14H2,3H3,(H,21,25)(H,22,26). The van der Waals surface area contributed by atoms with Crippen molar-refractivity contribution in [2.24, 2.45) is 5.41 Å². The van der Waals surface area contributed by atoms with Crippen LogP contribution in [0.3, 0.4) is 0 Å². The molecule has 0 spiro atoms. The average Bonchev–Trinajstić information content (AvgIpc) is 2.72. The van der Waals surface area contributed by atoms with Gasteiger partial charge in [0.05, 0.1) is 0 Å². The SMILES string of the molecule is C=CC(=O)OCCOC(=O)NCC1(C)CCCC(NC(=O)OCCOC(=O)C=C)C1. The second-order valence-corrected chi connectivity index (χ2v) is 7.12. The summed E-state index contributed by atoms with van der Waals surface area (Å²) >= 11 is 0. The number of amides is 2. The van der Waals surface area contributed by atoms with Crippen LogP contribution in [0.15, 0.2) is 25.3 Å². The van der Waals surface area contributed by atoms with Crippen molar-refractivity contribution in [3.05, 3.63) is 25.3 Å². The molecule has 10 heteroatoms. The molecule has 0 aromatic heterocycles. The Morgan fingerprint density at radius 3 is 2.03 bits per heavy atom. The highest BCUT2D eigenvalue weighted by molar-refractivity contribution is 5.81. The van der Waals surface area contributed by atoms with E-state index in [9.17, 15) is 19.2 Å². The molecule has 1 saturated carbocycles. The predicted octanol–water partition coefficient (Wildman–Crippen LogP) is 1.85. The normalized spacial score (nSPS) is 20.2. The Bertz CT molecular complexity index is 636. The molecule has 1 fully saturated rings. The van der Waals surface area contributed by atoms with E-state index in [2.05, 4.69) is 23.8 Å². The van der Waals surface area contributed by atoms with Gasteiger partial charge in [-0.15, -0.1) is 0 Å². The lowest BCUT2D eigenvalue weighted by Gasteiger charge is -2.38. The smallest absolute Gasteiger partial charge is 0.407 e. The maximum atomic E-state index is 11.9. The number of carbonyl (C=O) groups is 4. The highest BCUT2D eigenvalue weighted by atomic mass is 16.6. The first kappa shape index (κ1) is 25.0. The fraction of sp³-hybridized carbons (Fsp3) is 0.600. The third-order valence-corrected chi connectivity index (χ3v) is 4.51. The third-order valence-electron chi connectivity index (χ3n) is 4.51. The zero-order chi connectivity index (χ0) is 22.4. The number of carbonyl (C=O) groups excluding carboxylic acids is 4. The van der Waals surface area contributed by atoms with Gasteiger partial charge in [-0.1, -0.05) is 26.5 Å².